The van der Waals surface area contributed by atoms with Crippen molar-refractivity contribution in [1.29, 1.82) is 0 Å². The molecule has 0 saturated carbocycles. The standard InChI is InChI=1S/C18H31N/c1-17(2,3)13-12-16(19-7)14-10-8-9-11-15(14)18(4,5)6/h8-11,16,19H,12-13H2,1-7H3. The smallest absolute Gasteiger partial charge is 0.0320 e. The lowest BCUT2D eigenvalue weighted by Crippen LogP contribution is -2.23. The van der Waals surface area contributed by atoms with Crippen LogP contribution in [0.4, 0.5) is 0 Å². The van der Waals surface area contributed by atoms with E-state index in [0.717, 1.165) is 0 Å². The number of hydrogen-bond acceptors (Lipinski definition) is 1. The molecule has 0 aromatic heterocycles. The van der Waals surface area contributed by atoms with Crippen molar-refractivity contribution < 1.29 is 0 Å². The molecule has 0 heterocycles. The minimum Gasteiger partial charge on any atom is -0.313 e. The predicted molar refractivity (Wildman–Crippen MR) is 85.6 cm³/mol. The molecule has 0 spiro atoms. The molecule has 0 aliphatic rings. The fourth-order valence-electron chi connectivity index (χ4n) is 2.52. The first-order chi connectivity index (χ1) is 8.65. The summed E-state index contributed by atoms with van der Waals surface area (Å²) in [6.45, 7) is 13.8. The second-order valence-electron chi connectivity index (χ2n) is 7.78. The van der Waals surface area contributed by atoms with Gasteiger partial charge in [0, 0.05) is 6.04 Å². The van der Waals surface area contributed by atoms with Crippen molar-refractivity contribution in [3.63, 3.8) is 0 Å². The van der Waals surface area contributed by atoms with E-state index in [9.17, 15) is 0 Å². The first kappa shape index (κ1) is 16.2. The summed E-state index contributed by atoms with van der Waals surface area (Å²) >= 11 is 0. The lowest BCUT2D eigenvalue weighted by Gasteiger charge is -2.29. The SMILES string of the molecule is CNC(CCC(C)(C)C)c1ccccc1C(C)(C)C. The normalized spacial score (nSPS) is 14.5. The molecule has 1 atom stereocenters. The number of nitrogens with one attached hydrogen (secondary N) is 1. The largest absolute Gasteiger partial charge is 0.313 e. The highest BCUT2D eigenvalue weighted by molar-refractivity contribution is 5.35. The zero-order chi connectivity index (χ0) is 14.7. The molecule has 0 amide bonds. The van der Waals surface area contributed by atoms with Crippen molar-refractivity contribution in [3.8, 4) is 0 Å². The summed E-state index contributed by atoms with van der Waals surface area (Å²) in [7, 11) is 2.08. The summed E-state index contributed by atoms with van der Waals surface area (Å²) in [6, 6.07) is 9.32. The summed E-state index contributed by atoms with van der Waals surface area (Å²) in [5, 5.41) is 3.50. The quantitative estimate of drug-likeness (QED) is 0.798. The molecule has 1 nitrogen and oxygen atoms in total. The van der Waals surface area contributed by atoms with Gasteiger partial charge in [-0.05, 0) is 41.8 Å². The van der Waals surface area contributed by atoms with E-state index in [-0.39, 0.29) is 5.41 Å². The number of hydrogen-bond donors (Lipinski definition) is 1. The van der Waals surface area contributed by atoms with Crippen molar-refractivity contribution in [3.05, 3.63) is 35.4 Å². The van der Waals surface area contributed by atoms with Gasteiger partial charge in [-0.15, -0.1) is 0 Å². The van der Waals surface area contributed by atoms with Crippen LogP contribution in [-0.4, -0.2) is 7.05 Å². The average Bonchev–Trinajstić information content (AvgIpc) is 2.27. The van der Waals surface area contributed by atoms with Gasteiger partial charge >= 0.3 is 0 Å². The number of benzene rings is 1. The predicted octanol–water partition coefficient (Wildman–Crippen LogP) is 5.07. The van der Waals surface area contributed by atoms with Crippen LogP contribution < -0.4 is 5.32 Å². The molecule has 1 heteroatoms. The van der Waals surface area contributed by atoms with Gasteiger partial charge in [0.1, 0.15) is 0 Å². The van der Waals surface area contributed by atoms with Crippen molar-refractivity contribution in [2.45, 2.75) is 65.8 Å². The van der Waals surface area contributed by atoms with Crippen LogP contribution in [0.3, 0.4) is 0 Å². The summed E-state index contributed by atoms with van der Waals surface area (Å²) in [6.07, 6.45) is 2.42. The zero-order valence-corrected chi connectivity index (χ0v) is 13.8. The Morgan fingerprint density at radius 2 is 1.58 bits per heavy atom. The Kier molecular flexibility index (Phi) is 5.20. The van der Waals surface area contributed by atoms with E-state index in [1.165, 1.54) is 24.0 Å². The molecular weight excluding hydrogens is 230 g/mol. The Bertz CT molecular complexity index is 393. The van der Waals surface area contributed by atoms with Gasteiger partial charge in [0.2, 0.25) is 0 Å². The molecule has 108 valence electrons. The Morgan fingerprint density at radius 1 is 1.00 bits per heavy atom. The Balaban J connectivity index is 2.99. The minimum absolute atomic E-state index is 0.202. The number of rotatable bonds is 4. The van der Waals surface area contributed by atoms with E-state index < -0.39 is 0 Å². The molecule has 1 aromatic rings. The second kappa shape index (κ2) is 6.09. The molecule has 0 saturated heterocycles. The third-order valence-electron chi connectivity index (χ3n) is 3.68. The van der Waals surface area contributed by atoms with Gasteiger partial charge in [0.05, 0.1) is 0 Å². The van der Waals surface area contributed by atoms with E-state index >= 15 is 0 Å². The molecule has 19 heavy (non-hydrogen) atoms. The maximum atomic E-state index is 3.50. The first-order valence-corrected chi connectivity index (χ1v) is 7.42. The molecule has 1 N–H and O–H groups in total. The second-order valence-corrected chi connectivity index (χ2v) is 7.78. The van der Waals surface area contributed by atoms with Crippen LogP contribution in [0.2, 0.25) is 0 Å². The van der Waals surface area contributed by atoms with Gasteiger partial charge in [0.25, 0.3) is 0 Å². The summed E-state index contributed by atoms with van der Waals surface area (Å²) in [5.41, 5.74) is 3.52. The van der Waals surface area contributed by atoms with Crippen LogP contribution in [-0.2, 0) is 5.41 Å². The van der Waals surface area contributed by atoms with Gasteiger partial charge in [-0.25, -0.2) is 0 Å². The van der Waals surface area contributed by atoms with Gasteiger partial charge in [-0.2, -0.15) is 0 Å². The fourth-order valence-corrected chi connectivity index (χ4v) is 2.52. The van der Waals surface area contributed by atoms with Gasteiger partial charge in [-0.3, -0.25) is 0 Å². The third kappa shape index (κ3) is 4.99. The zero-order valence-electron chi connectivity index (χ0n) is 13.8. The molecule has 1 rings (SSSR count). The van der Waals surface area contributed by atoms with Crippen LogP contribution in [0.25, 0.3) is 0 Å². The van der Waals surface area contributed by atoms with Crippen LogP contribution in [0.1, 0.15) is 71.6 Å². The summed E-state index contributed by atoms with van der Waals surface area (Å²) in [4.78, 5) is 0. The lowest BCUT2D eigenvalue weighted by molar-refractivity contribution is 0.336. The maximum absolute atomic E-state index is 3.50. The highest BCUT2D eigenvalue weighted by Crippen LogP contribution is 2.33. The first-order valence-electron chi connectivity index (χ1n) is 7.42. The van der Waals surface area contributed by atoms with Gasteiger partial charge < -0.3 is 5.32 Å². The minimum atomic E-state index is 0.202. The van der Waals surface area contributed by atoms with E-state index in [4.69, 9.17) is 0 Å². The van der Waals surface area contributed by atoms with E-state index in [2.05, 4.69) is 78.2 Å². The Labute approximate surface area is 119 Å². The molecule has 0 aliphatic carbocycles. The molecule has 0 aliphatic heterocycles. The maximum Gasteiger partial charge on any atom is 0.0320 e. The Hall–Kier alpha value is -0.820. The summed E-state index contributed by atoms with van der Waals surface area (Å²) < 4.78 is 0. The lowest BCUT2D eigenvalue weighted by atomic mass is 9.79. The fraction of sp³-hybridized carbons (Fsp3) is 0.667. The topological polar surface area (TPSA) is 12.0 Å². The van der Waals surface area contributed by atoms with Gasteiger partial charge in [-0.1, -0.05) is 65.8 Å². The monoisotopic (exact) mass is 261 g/mol. The summed E-state index contributed by atoms with van der Waals surface area (Å²) in [5.74, 6) is 0. The van der Waals surface area contributed by atoms with Gasteiger partial charge in [0.15, 0.2) is 0 Å². The van der Waals surface area contributed by atoms with Crippen LogP contribution >= 0.6 is 0 Å². The van der Waals surface area contributed by atoms with E-state index in [0.29, 0.717) is 11.5 Å². The highest BCUT2D eigenvalue weighted by atomic mass is 14.9. The third-order valence-corrected chi connectivity index (χ3v) is 3.68. The molecule has 0 fully saturated rings. The van der Waals surface area contributed by atoms with Crippen molar-refractivity contribution in [1.82, 2.24) is 5.32 Å². The average molecular weight is 261 g/mol. The van der Waals surface area contributed by atoms with Crippen LogP contribution in [0.5, 0.6) is 0 Å². The van der Waals surface area contributed by atoms with Crippen molar-refractivity contribution in [2.24, 2.45) is 5.41 Å². The van der Waals surface area contributed by atoms with Crippen molar-refractivity contribution >= 4 is 0 Å². The molecule has 1 unspecified atom stereocenters. The van der Waals surface area contributed by atoms with E-state index in [1.54, 1.807) is 0 Å². The molecule has 1 aromatic carbocycles. The Morgan fingerprint density at radius 3 is 2.05 bits per heavy atom. The molecular formula is C18H31N. The van der Waals surface area contributed by atoms with Crippen LogP contribution in [0, 0.1) is 5.41 Å². The van der Waals surface area contributed by atoms with E-state index in [1.807, 2.05) is 0 Å². The molecule has 0 bridgehead atoms. The van der Waals surface area contributed by atoms with Crippen LogP contribution in [0.15, 0.2) is 24.3 Å². The molecule has 0 radical (unpaired) electrons. The highest BCUT2D eigenvalue weighted by Gasteiger charge is 2.22. The van der Waals surface area contributed by atoms with Crippen molar-refractivity contribution in [2.75, 3.05) is 7.05 Å².